The lowest BCUT2D eigenvalue weighted by Gasteiger charge is -2.39. The zero-order valence-electron chi connectivity index (χ0n) is 10.4. The SMILES string of the molecule is CCCCOC1(CN)CCC(CC)CC1. The van der Waals surface area contributed by atoms with E-state index in [1.807, 2.05) is 0 Å². The average Bonchev–Trinajstić information content (AvgIpc) is 2.30. The molecule has 0 aromatic heterocycles. The van der Waals surface area contributed by atoms with E-state index in [0.717, 1.165) is 12.5 Å². The van der Waals surface area contributed by atoms with Crippen molar-refractivity contribution in [3.8, 4) is 0 Å². The van der Waals surface area contributed by atoms with Gasteiger partial charge in [0.05, 0.1) is 5.60 Å². The summed E-state index contributed by atoms with van der Waals surface area (Å²) < 4.78 is 6.03. The van der Waals surface area contributed by atoms with Crippen molar-refractivity contribution in [2.75, 3.05) is 13.2 Å². The molecule has 1 saturated carbocycles. The summed E-state index contributed by atoms with van der Waals surface area (Å²) in [7, 11) is 0. The van der Waals surface area contributed by atoms with Gasteiger partial charge in [0.25, 0.3) is 0 Å². The van der Waals surface area contributed by atoms with Crippen LogP contribution in [0.1, 0.15) is 58.8 Å². The molecular formula is C13H27NO. The van der Waals surface area contributed by atoms with Gasteiger partial charge in [-0.1, -0.05) is 26.7 Å². The predicted molar refractivity (Wildman–Crippen MR) is 64.9 cm³/mol. The van der Waals surface area contributed by atoms with Gasteiger partial charge in [-0.25, -0.2) is 0 Å². The molecule has 0 bridgehead atoms. The van der Waals surface area contributed by atoms with E-state index in [2.05, 4.69) is 13.8 Å². The second-order valence-electron chi connectivity index (χ2n) is 4.94. The number of hydrogen-bond acceptors (Lipinski definition) is 2. The molecule has 2 nitrogen and oxygen atoms in total. The van der Waals surface area contributed by atoms with E-state index >= 15 is 0 Å². The van der Waals surface area contributed by atoms with Gasteiger partial charge in [-0.05, 0) is 38.0 Å². The zero-order chi connectivity index (χ0) is 11.1. The molecule has 1 aliphatic carbocycles. The fourth-order valence-electron chi connectivity index (χ4n) is 2.45. The molecule has 1 rings (SSSR count). The Morgan fingerprint density at radius 1 is 1.27 bits per heavy atom. The van der Waals surface area contributed by atoms with Crippen LogP contribution in [0.5, 0.6) is 0 Å². The third-order valence-corrected chi connectivity index (χ3v) is 3.87. The van der Waals surface area contributed by atoms with Crippen LogP contribution < -0.4 is 5.73 Å². The molecule has 0 unspecified atom stereocenters. The van der Waals surface area contributed by atoms with E-state index in [4.69, 9.17) is 10.5 Å². The first-order chi connectivity index (χ1) is 7.26. The first-order valence-electron chi connectivity index (χ1n) is 6.60. The molecule has 15 heavy (non-hydrogen) atoms. The lowest BCUT2D eigenvalue weighted by molar-refractivity contribution is -0.0723. The highest BCUT2D eigenvalue weighted by atomic mass is 16.5. The summed E-state index contributed by atoms with van der Waals surface area (Å²) in [6, 6.07) is 0. The Hall–Kier alpha value is -0.0800. The third kappa shape index (κ3) is 3.76. The van der Waals surface area contributed by atoms with Gasteiger partial charge in [-0.3, -0.25) is 0 Å². The predicted octanol–water partition coefficient (Wildman–Crippen LogP) is 3.10. The summed E-state index contributed by atoms with van der Waals surface area (Å²) >= 11 is 0. The van der Waals surface area contributed by atoms with Crippen LogP contribution in [0.2, 0.25) is 0 Å². The smallest absolute Gasteiger partial charge is 0.0804 e. The Kier molecular flexibility index (Phi) is 5.62. The summed E-state index contributed by atoms with van der Waals surface area (Å²) in [5.74, 6) is 0.916. The minimum atomic E-state index is 0.0286. The molecule has 0 atom stereocenters. The summed E-state index contributed by atoms with van der Waals surface area (Å²) in [5.41, 5.74) is 5.91. The molecule has 0 heterocycles. The van der Waals surface area contributed by atoms with Gasteiger partial charge in [-0.2, -0.15) is 0 Å². The van der Waals surface area contributed by atoms with Crippen LogP contribution in [0.3, 0.4) is 0 Å². The average molecular weight is 213 g/mol. The monoisotopic (exact) mass is 213 g/mol. The van der Waals surface area contributed by atoms with Crippen LogP contribution in [0.25, 0.3) is 0 Å². The van der Waals surface area contributed by atoms with E-state index in [1.54, 1.807) is 0 Å². The summed E-state index contributed by atoms with van der Waals surface area (Å²) in [6.45, 7) is 6.09. The molecule has 0 aromatic carbocycles. The zero-order valence-corrected chi connectivity index (χ0v) is 10.4. The highest BCUT2D eigenvalue weighted by Crippen LogP contribution is 2.35. The Morgan fingerprint density at radius 2 is 1.93 bits per heavy atom. The van der Waals surface area contributed by atoms with Crippen molar-refractivity contribution < 1.29 is 4.74 Å². The van der Waals surface area contributed by atoms with Crippen molar-refractivity contribution in [2.24, 2.45) is 11.7 Å². The van der Waals surface area contributed by atoms with Crippen LogP contribution in [-0.4, -0.2) is 18.8 Å². The first-order valence-corrected chi connectivity index (χ1v) is 6.60. The largest absolute Gasteiger partial charge is 0.374 e. The van der Waals surface area contributed by atoms with Crippen molar-refractivity contribution >= 4 is 0 Å². The Bertz CT molecular complexity index is 156. The van der Waals surface area contributed by atoms with Gasteiger partial charge in [0.2, 0.25) is 0 Å². The highest BCUT2D eigenvalue weighted by molar-refractivity contribution is 4.88. The fraction of sp³-hybridized carbons (Fsp3) is 1.00. The maximum Gasteiger partial charge on any atom is 0.0804 e. The van der Waals surface area contributed by atoms with Crippen LogP contribution in [0.15, 0.2) is 0 Å². The molecule has 1 fully saturated rings. The van der Waals surface area contributed by atoms with Crippen molar-refractivity contribution in [2.45, 2.75) is 64.4 Å². The number of nitrogens with two attached hydrogens (primary N) is 1. The molecule has 0 aromatic rings. The van der Waals surface area contributed by atoms with Gasteiger partial charge in [0.1, 0.15) is 0 Å². The van der Waals surface area contributed by atoms with Crippen LogP contribution in [0.4, 0.5) is 0 Å². The van der Waals surface area contributed by atoms with Gasteiger partial charge in [-0.15, -0.1) is 0 Å². The molecule has 1 aliphatic rings. The lowest BCUT2D eigenvalue weighted by Crippen LogP contribution is -2.44. The number of hydrogen-bond donors (Lipinski definition) is 1. The van der Waals surface area contributed by atoms with E-state index in [-0.39, 0.29) is 5.60 Å². The molecule has 0 spiro atoms. The Morgan fingerprint density at radius 3 is 2.40 bits per heavy atom. The lowest BCUT2D eigenvalue weighted by atomic mass is 9.77. The van der Waals surface area contributed by atoms with Crippen molar-refractivity contribution in [3.05, 3.63) is 0 Å². The van der Waals surface area contributed by atoms with E-state index in [1.165, 1.54) is 44.9 Å². The minimum Gasteiger partial charge on any atom is -0.374 e. The second kappa shape index (κ2) is 6.49. The van der Waals surface area contributed by atoms with Crippen molar-refractivity contribution in [1.82, 2.24) is 0 Å². The molecule has 0 saturated heterocycles. The van der Waals surface area contributed by atoms with Crippen LogP contribution in [-0.2, 0) is 4.74 Å². The number of ether oxygens (including phenoxy) is 1. The minimum absolute atomic E-state index is 0.0286. The van der Waals surface area contributed by atoms with Gasteiger partial charge in [0, 0.05) is 13.2 Å². The first kappa shape index (κ1) is 13.0. The molecule has 2 heteroatoms. The van der Waals surface area contributed by atoms with Gasteiger partial charge >= 0.3 is 0 Å². The quantitative estimate of drug-likeness (QED) is 0.688. The summed E-state index contributed by atoms with van der Waals surface area (Å²) in [5, 5.41) is 0. The topological polar surface area (TPSA) is 35.2 Å². The van der Waals surface area contributed by atoms with Gasteiger partial charge in [0.15, 0.2) is 0 Å². The summed E-state index contributed by atoms with van der Waals surface area (Å²) in [6.07, 6.45) is 8.64. The van der Waals surface area contributed by atoms with Crippen LogP contribution in [0, 0.1) is 5.92 Å². The number of rotatable bonds is 6. The Balaban J connectivity index is 2.34. The maximum absolute atomic E-state index is 6.03. The Labute approximate surface area is 94.6 Å². The maximum atomic E-state index is 6.03. The van der Waals surface area contributed by atoms with Gasteiger partial charge < -0.3 is 10.5 Å². The van der Waals surface area contributed by atoms with E-state index < -0.39 is 0 Å². The van der Waals surface area contributed by atoms with E-state index in [9.17, 15) is 0 Å². The van der Waals surface area contributed by atoms with Crippen LogP contribution >= 0.6 is 0 Å². The number of unbranched alkanes of at least 4 members (excludes halogenated alkanes) is 1. The summed E-state index contributed by atoms with van der Waals surface area (Å²) in [4.78, 5) is 0. The second-order valence-corrected chi connectivity index (χ2v) is 4.94. The van der Waals surface area contributed by atoms with Crippen molar-refractivity contribution in [1.29, 1.82) is 0 Å². The standard InChI is InChI=1S/C13H27NO/c1-3-5-10-15-13(11-14)8-6-12(4-2)7-9-13/h12H,3-11,14H2,1-2H3. The molecular weight excluding hydrogens is 186 g/mol. The molecule has 2 N–H and O–H groups in total. The molecule has 0 radical (unpaired) electrons. The highest BCUT2D eigenvalue weighted by Gasteiger charge is 2.34. The van der Waals surface area contributed by atoms with Crippen molar-refractivity contribution in [3.63, 3.8) is 0 Å². The molecule has 90 valence electrons. The normalized spacial score (nSPS) is 31.8. The molecule has 0 amide bonds. The molecule has 0 aliphatic heterocycles. The third-order valence-electron chi connectivity index (χ3n) is 3.87. The van der Waals surface area contributed by atoms with E-state index in [0.29, 0.717) is 6.54 Å². The fourth-order valence-corrected chi connectivity index (χ4v) is 2.45.